The van der Waals surface area contributed by atoms with Crippen molar-refractivity contribution >= 4 is 21.6 Å². The average molecular weight is 392 g/mol. The summed E-state index contributed by atoms with van der Waals surface area (Å²) in [6, 6.07) is 10.5. The van der Waals surface area contributed by atoms with Crippen molar-refractivity contribution in [2.75, 3.05) is 31.6 Å². The van der Waals surface area contributed by atoms with Gasteiger partial charge in [0.25, 0.3) is 0 Å². The molecule has 0 bridgehead atoms. The monoisotopic (exact) mass is 392 g/mol. The van der Waals surface area contributed by atoms with Crippen LogP contribution < -0.4 is 5.32 Å². The minimum absolute atomic E-state index is 0.0190. The van der Waals surface area contributed by atoms with Crippen molar-refractivity contribution in [2.45, 2.75) is 18.2 Å². The van der Waals surface area contributed by atoms with Crippen LogP contribution in [0.4, 0.5) is 10.1 Å². The van der Waals surface area contributed by atoms with Gasteiger partial charge >= 0.3 is 0 Å². The van der Waals surface area contributed by atoms with Crippen LogP contribution in [-0.2, 0) is 26.0 Å². The molecule has 0 aliphatic carbocycles. The van der Waals surface area contributed by atoms with Crippen LogP contribution in [0.2, 0.25) is 0 Å². The molecule has 1 heterocycles. The zero-order valence-electron chi connectivity index (χ0n) is 14.9. The van der Waals surface area contributed by atoms with Crippen molar-refractivity contribution in [1.82, 2.24) is 4.31 Å². The number of ether oxygens (including phenoxy) is 1. The fourth-order valence-corrected chi connectivity index (χ4v) is 4.49. The normalized spacial score (nSPS) is 15.5. The Hall–Kier alpha value is -2.29. The van der Waals surface area contributed by atoms with Crippen LogP contribution in [0.1, 0.15) is 11.1 Å². The molecule has 1 amide bonds. The fourth-order valence-electron chi connectivity index (χ4n) is 2.85. The first kappa shape index (κ1) is 19.5. The summed E-state index contributed by atoms with van der Waals surface area (Å²) >= 11 is 0. The number of nitrogens with one attached hydrogen (secondary N) is 1. The molecule has 1 aliphatic rings. The lowest BCUT2D eigenvalue weighted by atomic mass is 10.1. The first-order valence-electron chi connectivity index (χ1n) is 8.59. The van der Waals surface area contributed by atoms with Crippen LogP contribution in [0.5, 0.6) is 0 Å². The Morgan fingerprint density at radius 2 is 1.81 bits per heavy atom. The third-order valence-electron chi connectivity index (χ3n) is 4.28. The summed E-state index contributed by atoms with van der Waals surface area (Å²) in [5.41, 5.74) is 1.65. The third-order valence-corrected chi connectivity index (χ3v) is 6.22. The van der Waals surface area contributed by atoms with Crippen LogP contribution in [0.25, 0.3) is 0 Å². The molecule has 27 heavy (non-hydrogen) atoms. The number of carbonyl (C=O) groups is 1. The fraction of sp³-hybridized carbons (Fsp3) is 0.316. The van der Waals surface area contributed by atoms with Gasteiger partial charge in [-0.25, -0.2) is 12.8 Å². The molecule has 0 saturated carbocycles. The molecule has 0 radical (unpaired) electrons. The summed E-state index contributed by atoms with van der Waals surface area (Å²) in [6.07, 6.45) is 0.0190. The van der Waals surface area contributed by atoms with Gasteiger partial charge in [0.1, 0.15) is 10.7 Å². The number of morpholine rings is 1. The Kier molecular flexibility index (Phi) is 5.88. The number of nitrogens with zero attached hydrogens (tertiary/aromatic N) is 1. The quantitative estimate of drug-likeness (QED) is 0.848. The minimum atomic E-state index is -3.75. The summed E-state index contributed by atoms with van der Waals surface area (Å²) in [7, 11) is -3.75. The average Bonchev–Trinajstić information content (AvgIpc) is 2.65. The molecule has 0 spiro atoms. The van der Waals surface area contributed by atoms with Crippen molar-refractivity contribution in [3.63, 3.8) is 0 Å². The van der Waals surface area contributed by atoms with E-state index in [1.807, 2.05) is 0 Å². The maximum absolute atomic E-state index is 13.0. The Bertz CT molecular complexity index is 923. The molecule has 144 valence electrons. The number of benzene rings is 2. The molecular weight excluding hydrogens is 371 g/mol. The predicted octanol–water partition coefficient (Wildman–Crippen LogP) is 2.34. The van der Waals surface area contributed by atoms with Gasteiger partial charge in [-0.1, -0.05) is 18.2 Å². The summed E-state index contributed by atoms with van der Waals surface area (Å²) < 4.78 is 45.6. The maximum atomic E-state index is 13.0. The van der Waals surface area contributed by atoms with E-state index in [4.69, 9.17) is 4.74 Å². The summed E-state index contributed by atoms with van der Waals surface area (Å²) in [4.78, 5) is 12.4. The molecule has 0 atom stereocenters. The first-order valence-corrected chi connectivity index (χ1v) is 10.0. The molecule has 1 N–H and O–H groups in total. The van der Waals surface area contributed by atoms with Gasteiger partial charge < -0.3 is 10.1 Å². The number of hydrogen-bond donors (Lipinski definition) is 1. The largest absolute Gasteiger partial charge is 0.379 e. The van der Waals surface area contributed by atoms with Gasteiger partial charge in [0, 0.05) is 13.1 Å². The number of carbonyl (C=O) groups excluding carboxylic acids is 1. The van der Waals surface area contributed by atoms with E-state index in [0.29, 0.717) is 18.8 Å². The Morgan fingerprint density at radius 1 is 1.15 bits per heavy atom. The predicted molar refractivity (Wildman–Crippen MR) is 99.5 cm³/mol. The molecule has 2 aromatic carbocycles. The Labute approximate surface area is 158 Å². The van der Waals surface area contributed by atoms with Crippen LogP contribution >= 0.6 is 0 Å². The summed E-state index contributed by atoms with van der Waals surface area (Å²) in [6.45, 7) is 3.04. The highest BCUT2D eigenvalue weighted by Crippen LogP contribution is 2.27. The number of anilines is 1. The molecule has 6 nitrogen and oxygen atoms in total. The topological polar surface area (TPSA) is 75.7 Å². The van der Waals surface area contributed by atoms with Crippen molar-refractivity contribution in [1.29, 1.82) is 0 Å². The van der Waals surface area contributed by atoms with Crippen molar-refractivity contribution in [3.05, 3.63) is 59.4 Å². The highest BCUT2D eigenvalue weighted by Gasteiger charge is 2.29. The van der Waals surface area contributed by atoms with Crippen LogP contribution in [0, 0.1) is 12.7 Å². The number of hydrogen-bond acceptors (Lipinski definition) is 4. The lowest BCUT2D eigenvalue weighted by Gasteiger charge is -2.27. The zero-order chi connectivity index (χ0) is 19.4. The standard InChI is InChI=1S/C19H21FN2O4S/c1-14-2-7-17(21-19(23)13-15-3-5-16(20)6-4-15)18(12-14)27(24,25)22-8-10-26-11-9-22/h2-7,12H,8-11,13H2,1H3,(H,21,23). The first-order chi connectivity index (χ1) is 12.9. The second kappa shape index (κ2) is 8.16. The smallest absolute Gasteiger partial charge is 0.245 e. The molecule has 1 saturated heterocycles. The van der Waals surface area contributed by atoms with Gasteiger partial charge in [-0.2, -0.15) is 4.31 Å². The zero-order valence-corrected chi connectivity index (χ0v) is 15.8. The minimum Gasteiger partial charge on any atom is -0.379 e. The van der Waals surface area contributed by atoms with E-state index in [-0.39, 0.29) is 41.8 Å². The van der Waals surface area contributed by atoms with Gasteiger partial charge in [-0.05, 0) is 42.3 Å². The van der Waals surface area contributed by atoms with Gasteiger partial charge in [-0.15, -0.1) is 0 Å². The van der Waals surface area contributed by atoms with Gasteiger partial charge in [0.15, 0.2) is 0 Å². The summed E-state index contributed by atoms with van der Waals surface area (Å²) in [5, 5.41) is 2.68. The number of amides is 1. The van der Waals surface area contributed by atoms with Gasteiger partial charge in [0.05, 0.1) is 25.3 Å². The third kappa shape index (κ3) is 4.71. The molecule has 1 fully saturated rings. The van der Waals surface area contributed by atoms with Crippen molar-refractivity contribution in [3.8, 4) is 0 Å². The molecule has 0 aromatic heterocycles. The molecule has 2 aromatic rings. The van der Waals surface area contributed by atoms with E-state index < -0.39 is 10.0 Å². The molecule has 1 aliphatic heterocycles. The Morgan fingerprint density at radius 3 is 2.48 bits per heavy atom. The number of sulfonamides is 1. The van der Waals surface area contributed by atoms with Crippen LogP contribution in [0.15, 0.2) is 47.4 Å². The van der Waals surface area contributed by atoms with E-state index in [1.165, 1.54) is 28.6 Å². The Balaban J connectivity index is 1.83. The second-order valence-electron chi connectivity index (χ2n) is 6.37. The van der Waals surface area contributed by atoms with E-state index >= 15 is 0 Å². The van der Waals surface area contributed by atoms with Gasteiger partial charge in [-0.3, -0.25) is 4.79 Å². The van der Waals surface area contributed by atoms with Crippen LogP contribution in [0.3, 0.4) is 0 Å². The number of aryl methyl sites for hydroxylation is 1. The number of rotatable bonds is 5. The molecular formula is C19H21FN2O4S. The lowest BCUT2D eigenvalue weighted by molar-refractivity contribution is -0.115. The molecule has 8 heteroatoms. The van der Waals surface area contributed by atoms with E-state index in [2.05, 4.69) is 5.32 Å². The van der Waals surface area contributed by atoms with Gasteiger partial charge in [0.2, 0.25) is 15.9 Å². The SMILES string of the molecule is Cc1ccc(NC(=O)Cc2ccc(F)cc2)c(S(=O)(=O)N2CCOCC2)c1. The molecule has 0 unspecified atom stereocenters. The number of halogens is 1. The van der Waals surface area contributed by atoms with Crippen molar-refractivity contribution < 1.29 is 22.3 Å². The molecule has 3 rings (SSSR count). The van der Waals surface area contributed by atoms with E-state index in [0.717, 1.165) is 5.56 Å². The summed E-state index contributed by atoms with van der Waals surface area (Å²) in [5.74, 6) is -0.750. The van der Waals surface area contributed by atoms with E-state index in [1.54, 1.807) is 25.1 Å². The highest BCUT2D eigenvalue weighted by atomic mass is 32.2. The lowest BCUT2D eigenvalue weighted by Crippen LogP contribution is -2.41. The van der Waals surface area contributed by atoms with Crippen LogP contribution in [-0.4, -0.2) is 44.9 Å². The van der Waals surface area contributed by atoms with Crippen molar-refractivity contribution in [2.24, 2.45) is 0 Å². The maximum Gasteiger partial charge on any atom is 0.245 e. The highest BCUT2D eigenvalue weighted by molar-refractivity contribution is 7.89. The van der Waals surface area contributed by atoms with E-state index in [9.17, 15) is 17.6 Å². The second-order valence-corrected chi connectivity index (χ2v) is 8.27.